The van der Waals surface area contributed by atoms with Crippen molar-refractivity contribution in [2.75, 3.05) is 18.0 Å². The first-order valence-corrected chi connectivity index (χ1v) is 5.79. The minimum absolute atomic E-state index is 0.172. The van der Waals surface area contributed by atoms with Crippen molar-refractivity contribution in [3.63, 3.8) is 0 Å². The van der Waals surface area contributed by atoms with Gasteiger partial charge in [0.15, 0.2) is 0 Å². The molecule has 1 aromatic rings. The Morgan fingerprint density at radius 1 is 1.39 bits per heavy atom. The molecule has 1 aliphatic heterocycles. The van der Waals surface area contributed by atoms with E-state index in [1.807, 2.05) is 4.90 Å². The minimum atomic E-state index is -0.661. The van der Waals surface area contributed by atoms with E-state index in [9.17, 15) is 15.3 Å². The lowest BCUT2D eigenvalue weighted by atomic mass is 10.1. The highest BCUT2D eigenvalue weighted by Gasteiger charge is 2.27. The molecular formula is C10H15N5O3. The van der Waals surface area contributed by atoms with Gasteiger partial charge in [-0.2, -0.15) is 0 Å². The zero-order chi connectivity index (χ0) is 13.3. The van der Waals surface area contributed by atoms with Crippen molar-refractivity contribution < 1.29 is 10.1 Å². The molecule has 0 spiro atoms. The van der Waals surface area contributed by atoms with Crippen molar-refractivity contribution in [3.8, 4) is 0 Å². The van der Waals surface area contributed by atoms with Crippen LogP contribution >= 0.6 is 0 Å². The monoisotopic (exact) mass is 253 g/mol. The van der Waals surface area contributed by atoms with E-state index in [0.29, 0.717) is 17.8 Å². The SMILES string of the molecule is Cc1nc(N2CCCCC2)c([N+](=O)[O-])c(=N)n1O. The van der Waals surface area contributed by atoms with E-state index in [1.165, 1.54) is 6.92 Å². The number of nitrogens with one attached hydrogen (secondary N) is 1. The van der Waals surface area contributed by atoms with Gasteiger partial charge in [-0.3, -0.25) is 15.5 Å². The maximum atomic E-state index is 11.0. The average Bonchev–Trinajstić information content (AvgIpc) is 2.36. The molecule has 2 heterocycles. The van der Waals surface area contributed by atoms with Gasteiger partial charge in [0.25, 0.3) is 0 Å². The molecule has 0 unspecified atom stereocenters. The third-order valence-corrected chi connectivity index (χ3v) is 3.06. The molecule has 98 valence electrons. The zero-order valence-electron chi connectivity index (χ0n) is 10.1. The first-order chi connectivity index (χ1) is 8.52. The molecule has 1 fully saturated rings. The molecule has 2 rings (SSSR count). The number of aromatic nitrogens is 2. The number of piperidine rings is 1. The molecule has 1 aromatic heterocycles. The highest BCUT2D eigenvalue weighted by Crippen LogP contribution is 2.25. The van der Waals surface area contributed by atoms with Crippen molar-refractivity contribution in [1.29, 1.82) is 5.41 Å². The van der Waals surface area contributed by atoms with Crippen molar-refractivity contribution in [2.24, 2.45) is 0 Å². The van der Waals surface area contributed by atoms with Crippen LogP contribution in [0, 0.1) is 22.4 Å². The van der Waals surface area contributed by atoms with Gasteiger partial charge in [0.2, 0.25) is 11.3 Å². The fourth-order valence-corrected chi connectivity index (χ4v) is 2.12. The van der Waals surface area contributed by atoms with Crippen LogP contribution in [0.3, 0.4) is 0 Å². The van der Waals surface area contributed by atoms with E-state index < -0.39 is 16.1 Å². The van der Waals surface area contributed by atoms with Crippen molar-refractivity contribution >= 4 is 11.5 Å². The van der Waals surface area contributed by atoms with Gasteiger partial charge >= 0.3 is 5.69 Å². The summed E-state index contributed by atoms with van der Waals surface area (Å²) in [5.41, 5.74) is -0.974. The quantitative estimate of drug-likeness (QED) is 0.460. The molecule has 0 aliphatic carbocycles. The lowest BCUT2D eigenvalue weighted by molar-refractivity contribution is -0.386. The highest BCUT2D eigenvalue weighted by molar-refractivity contribution is 5.56. The fraction of sp³-hybridized carbons (Fsp3) is 0.600. The molecule has 0 atom stereocenters. The first kappa shape index (κ1) is 12.3. The van der Waals surface area contributed by atoms with E-state index in [-0.39, 0.29) is 11.6 Å². The normalized spacial score (nSPS) is 15.7. The smallest absolute Gasteiger partial charge is 0.356 e. The molecule has 1 saturated heterocycles. The number of aryl methyl sites for hydroxylation is 1. The van der Waals surface area contributed by atoms with Gasteiger partial charge < -0.3 is 10.1 Å². The summed E-state index contributed by atoms with van der Waals surface area (Å²) < 4.78 is 0.436. The Balaban J connectivity index is 2.57. The maximum absolute atomic E-state index is 11.0. The second-order valence-electron chi connectivity index (χ2n) is 4.30. The maximum Gasteiger partial charge on any atom is 0.356 e. The van der Waals surface area contributed by atoms with Crippen LogP contribution in [0.25, 0.3) is 0 Å². The van der Waals surface area contributed by atoms with Gasteiger partial charge in [0, 0.05) is 13.1 Å². The third kappa shape index (κ3) is 2.01. The van der Waals surface area contributed by atoms with Gasteiger partial charge in [-0.15, -0.1) is 4.73 Å². The van der Waals surface area contributed by atoms with Crippen LogP contribution < -0.4 is 10.4 Å². The molecule has 1 aliphatic rings. The molecule has 8 nitrogen and oxygen atoms in total. The molecule has 18 heavy (non-hydrogen) atoms. The topological polar surface area (TPSA) is 108 Å². The molecular weight excluding hydrogens is 238 g/mol. The van der Waals surface area contributed by atoms with E-state index in [1.54, 1.807) is 0 Å². The van der Waals surface area contributed by atoms with Crippen LogP contribution in [0.5, 0.6) is 0 Å². The Bertz CT molecular complexity index is 533. The summed E-state index contributed by atoms with van der Waals surface area (Å²) in [6, 6.07) is 0. The Hall–Kier alpha value is -2.12. The van der Waals surface area contributed by atoms with Crippen LogP contribution in [0.4, 0.5) is 11.5 Å². The summed E-state index contributed by atoms with van der Waals surface area (Å²) in [6.45, 7) is 2.90. The number of hydrogen-bond donors (Lipinski definition) is 2. The van der Waals surface area contributed by atoms with Gasteiger partial charge in [-0.25, -0.2) is 4.98 Å². The van der Waals surface area contributed by atoms with E-state index in [2.05, 4.69) is 4.98 Å². The Morgan fingerprint density at radius 2 is 2.00 bits per heavy atom. The van der Waals surface area contributed by atoms with Crippen LogP contribution in [-0.2, 0) is 0 Å². The second-order valence-corrected chi connectivity index (χ2v) is 4.30. The van der Waals surface area contributed by atoms with Crippen molar-refractivity contribution in [2.45, 2.75) is 26.2 Å². The van der Waals surface area contributed by atoms with Gasteiger partial charge in [-0.05, 0) is 26.2 Å². The first-order valence-electron chi connectivity index (χ1n) is 5.79. The van der Waals surface area contributed by atoms with Gasteiger partial charge in [-0.1, -0.05) is 0 Å². The summed E-state index contributed by atoms with van der Waals surface area (Å²) in [5, 5.41) is 28.2. The summed E-state index contributed by atoms with van der Waals surface area (Å²) in [5.74, 6) is 0.360. The van der Waals surface area contributed by atoms with Crippen LogP contribution in [-0.4, -0.2) is 32.9 Å². The molecule has 0 radical (unpaired) electrons. The zero-order valence-corrected chi connectivity index (χ0v) is 10.1. The van der Waals surface area contributed by atoms with E-state index in [4.69, 9.17) is 5.41 Å². The molecule has 8 heteroatoms. The average molecular weight is 253 g/mol. The standard InChI is InChI=1S/C10H15N5O3/c1-7-12-10(13-5-3-2-4-6-13)8(15(17)18)9(11)14(7)16/h11,16H,2-6H2,1H3. The molecule has 0 aromatic carbocycles. The van der Waals surface area contributed by atoms with Crippen LogP contribution in [0.1, 0.15) is 25.1 Å². The summed E-state index contributed by atoms with van der Waals surface area (Å²) in [4.78, 5) is 16.2. The van der Waals surface area contributed by atoms with E-state index >= 15 is 0 Å². The van der Waals surface area contributed by atoms with Crippen LogP contribution in [0.15, 0.2) is 0 Å². The molecule has 0 amide bonds. The Morgan fingerprint density at radius 3 is 2.56 bits per heavy atom. The van der Waals surface area contributed by atoms with Gasteiger partial charge in [0.05, 0.1) is 4.92 Å². The van der Waals surface area contributed by atoms with Gasteiger partial charge in [0.1, 0.15) is 5.82 Å². The predicted octanol–water partition coefficient (Wildman–Crippen LogP) is 0.807. The summed E-state index contributed by atoms with van der Waals surface area (Å²) in [7, 11) is 0. The Labute approximate surface area is 103 Å². The number of hydrogen-bond acceptors (Lipinski definition) is 6. The molecule has 0 bridgehead atoms. The summed E-state index contributed by atoms with van der Waals surface area (Å²) in [6.07, 6.45) is 3.02. The number of rotatable bonds is 2. The summed E-state index contributed by atoms with van der Waals surface area (Å²) >= 11 is 0. The van der Waals surface area contributed by atoms with Crippen LogP contribution in [0.2, 0.25) is 0 Å². The lowest BCUT2D eigenvalue weighted by Gasteiger charge is -2.27. The molecule has 0 saturated carbocycles. The number of anilines is 1. The van der Waals surface area contributed by atoms with Crippen molar-refractivity contribution in [3.05, 3.63) is 21.4 Å². The third-order valence-electron chi connectivity index (χ3n) is 3.06. The highest BCUT2D eigenvalue weighted by atomic mass is 16.6. The van der Waals surface area contributed by atoms with Crippen molar-refractivity contribution in [1.82, 2.24) is 9.71 Å². The number of nitro groups is 1. The minimum Gasteiger partial charge on any atom is -0.425 e. The second kappa shape index (κ2) is 4.63. The predicted molar refractivity (Wildman–Crippen MR) is 62.7 cm³/mol. The fourth-order valence-electron chi connectivity index (χ4n) is 2.12. The molecule has 2 N–H and O–H groups in total. The van der Waals surface area contributed by atoms with E-state index in [0.717, 1.165) is 19.3 Å². The lowest BCUT2D eigenvalue weighted by Crippen LogP contribution is -2.34. The number of nitrogens with zero attached hydrogens (tertiary/aromatic N) is 4. The Kier molecular flexibility index (Phi) is 3.17. The largest absolute Gasteiger partial charge is 0.425 e.